The highest BCUT2D eigenvalue weighted by atomic mass is 35.5. The van der Waals surface area contributed by atoms with Crippen molar-refractivity contribution in [1.82, 2.24) is 29.4 Å². The van der Waals surface area contributed by atoms with Crippen molar-refractivity contribution in [1.29, 1.82) is 0 Å². The van der Waals surface area contributed by atoms with Crippen LogP contribution >= 0.6 is 11.6 Å². The molecule has 0 saturated carbocycles. The number of rotatable bonds is 5. The summed E-state index contributed by atoms with van der Waals surface area (Å²) >= 11 is 5.99. The highest BCUT2D eigenvalue weighted by Gasteiger charge is 2.31. The minimum atomic E-state index is -3.58. The van der Waals surface area contributed by atoms with E-state index in [4.69, 9.17) is 11.6 Å². The first-order chi connectivity index (χ1) is 15.0. The zero-order valence-electron chi connectivity index (χ0n) is 16.6. The van der Waals surface area contributed by atoms with E-state index < -0.39 is 10.0 Å². The normalized spacial score (nSPS) is 16.2. The molecule has 1 aromatic carbocycles. The maximum atomic E-state index is 13.2. The summed E-state index contributed by atoms with van der Waals surface area (Å²) in [6.07, 6.45) is 5.00. The maximum absolute atomic E-state index is 13.2. The van der Waals surface area contributed by atoms with E-state index in [1.807, 2.05) is 30.5 Å². The molecule has 4 aromatic rings. The van der Waals surface area contributed by atoms with Crippen LogP contribution < -0.4 is 0 Å². The molecule has 160 valence electrons. The Morgan fingerprint density at radius 3 is 2.61 bits per heavy atom. The fraction of sp³-hybridized carbons (Fsp3) is 0.238. The Bertz CT molecular complexity index is 1310. The first-order valence-electron chi connectivity index (χ1n) is 9.95. The molecular weight excluding hydrogens is 436 g/mol. The molecule has 3 aromatic heterocycles. The molecule has 0 unspecified atom stereocenters. The van der Waals surface area contributed by atoms with Crippen LogP contribution in [0.5, 0.6) is 0 Å². The number of sulfonamides is 1. The smallest absolute Gasteiger partial charge is 0.245 e. The summed E-state index contributed by atoms with van der Waals surface area (Å²) in [5.41, 5.74) is 3.62. The largest absolute Gasteiger partial charge is 0.345 e. The summed E-state index contributed by atoms with van der Waals surface area (Å²) in [6, 6.07) is 11.1. The zero-order valence-corrected chi connectivity index (χ0v) is 18.2. The monoisotopic (exact) mass is 456 g/mol. The molecule has 0 aliphatic carbocycles. The number of benzene rings is 1. The highest BCUT2D eigenvalue weighted by Crippen LogP contribution is 2.27. The molecule has 0 radical (unpaired) electrons. The molecule has 4 heterocycles. The minimum absolute atomic E-state index is 0.281. The van der Waals surface area contributed by atoms with Gasteiger partial charge in [-0.3, -0.25) is 10.00 Å². The Kier molecular flexibility index (Phi) is 5.27. The molecule has 10 heteroatoms. The second kappa shape index (κ2) is 8.08. The Morgan fingerprint density at radius 2 is 1.84 bits per heavy atom. The molecule has 0 bridgehead atoms. The quantitative estimate of drug-likeness (QED) is 0.481. The lowest BCUT2D eigenvalue weighted by Crippen LogP contribution is -2.48. The number of aromatic amines is 2. The molecule has 0 amide bonds. The van der Waals surface area contributed by atoms with Crippen LogP contribution in [0.25, 0.3) is 22.3 Å². The van der Waals surface area contributed by atoms with Gasteiger partial charge in [-0.05, 0) is 29.8 Å². The topological polar surface area (TPSA) is 98.0 Å². The van der Waals surface area contributed by atoms with E-state index in [9.17, 15) is 8.42 Å². The Hall–Kier alpha value is -2.72. The van der Waals surface area contributed by atoms with Crippen LogP contribution in [0.2, 0.25) is 5.02 Å². The van der Waals surface area contributed by atoms with Crippen molar-refractivity contribution in [2.75, 3.05) is 26.2 Å². The minimum Gasteiger partial charge on any atom is -0.345 e. The van der Waals surface area contributed by atoms with Gasteiger partial charge in [0.05, 0.1) is 11.9 Å². The SMILES string of the molecule is O=S(=O)(c1c[nH]c2ncccc12)N1CCN(Cc2cn[nH]c2-c2ccc(Cl)cc2)CC1. The van der Waals surface area contributed by atoms with Crippen molar-refractivity contribution < 1.29 is 8.42 Å². The molecule has 0 spiro atoms. The van der Waals surface area contributed by atoms with Crippen LogP contribution in [0.1, 0.15) is 5.56 Å². The third-order valence-corrected chi connectivity index (χ3v) is 7.80. The highest BCUT2D eigenvalue weighted by molar-refractivity contribution is 7.89. The van der Waals surface area contributed by atoms with Crippen LogP contribution in [0, 0.1) is 0 Å². The fourth-order valence-corrected chi connectivity index (χ4v) is 5.65. The van der Waals surface area contributed by atoms with Gasteiger partial charge in [0.15, 0.2) is 0 Å². The van der Waals surface area contributed by atoms with E-state index >= 15 is 0 Å². The van der Waals surface area contributed by atoms with E-state index in [0.717, 1.165) is 16.8 Å². The van der Waals surface area contributed by atoms with E-state index in [-0.39, 0.29) is 4.90 Å². The Morgan fingerprint density at radius 1 is 1.06 bits per heavy atom. The van der Waals surface area contributed by atoms with Crippen molar-refractivity contribution >= 4 is 32.7 Å². The van der Waals surface area contributed by atoms with Gasteiger partial charge in [0.2, 0.25) is 10.0 Å². The lowest BCUT2D eigenvalue weighted by Gasteiger charge is -2.33. The van der Waals surface area contributed by atoms with Gasteiger partial charge in [-0.15, -0.1) is 0 Å². The van der Waals surface area contributed by atoms with Gasteiger partial charge in [-0.2, -0.15) is 9.40 Å². The third-order valence-electron chi connectivity index (χ3n) is 5.61. The van der Waals surface area contributed by atoms with Crippen LogP contribution in [-0.4, -0.2) is 64.0 Å². The standard InChI is InChI=1S/C21H21ClN6O2S/c22-17-5-3-15(4-6-17)20-16(12-25-26-20)14-27-8-10-28(11-9-27)31(29,30)19-13-24-21-18(19)2-1-7-23-21/h1-7,12-13H,8-11,14H2,(H,23,24)(H,25,26). The number of hydrogen-bond donors (Lipinski definition) is 2. The summed E-state index contributed by atoms with van der Waals surface area (Å²) in [7, 11) is -3.58. The first kappa shape index (κ1) is 20.2. The predicted molar refractivity (Wildman–Crippen MR) is 119 cm³/mol. The summed E-state index contributed by atoms with van der Waals surface area (Å²) in [5.74, 6) is 0. The molecule has 2 N–H and O–H groups in total. The van der Waals surface area contributed by atoms with E-state index in [1.54, 1.807) is 22.6 Å². The van der Waals surface area contributed by atoms with Crippen LogP contribution in [-0.2, 0) is 16.6 Å². The molecule has 5 rings (SSSR count). The number of hydrogen-bond acceptors (Lipinski definition) is 5. The number of H-pyrrole nitrogens is 2. The van der Waals surface area contributed by atoms with Crippen LogP contribution in [0.3, 0.4) is 0 Å². The summed E-state index contributed by atoms with van der Waals surface area (Å²) in [4.78, 5) is 9.66. The maximum Gasteiger partial charge on any atom is 0.245 e. The second-order valence-corrected chi connectivity index (χ2v) is 9.85. The molecule has 1 aliphatic rings. The summed E-state index contributed by atoms with van der Waals surface area (Å²) in [6.45, 7) is 2.85. The predicted octanol–water partition coefficient (Wildman–Crippen LogP) is 3.11. The van der Waals surface area contributed by atoms with Crippen molar-refractivity contribution in [3.05, 3.63) is 65.6 Å². The van der Waals surface area contributed by atoms with Gasteiger partial charge in [0.25, 0.3) is 0 Å². The summed E-state index contributed by atoms with van der Waals surface area (Å²) in [5, 5.41) is 8.58. The molecule has 31 heavy (non-hydrogen) atoms. The average Bonchev–Trinajstić information content (AvgIpc) is 3.42. The van der Waals surface area contributed by atoms with Crippen LogP contribution in [0.4, 0.5) is 0 Å². The molecule has 0 atom stereocenters. The Labute approximate surface area is 184 Å². The van der Waals surface area contributed by atoms with Gasteiger partial charge in [-0.25, -0.2) is 13.4 Å². The third kappa shape index (κ3) is 3.85. The average molecular weight is 457 g/mol. The molecule has 1 fully saturated rings. The second-order valence-electron chi connectivity index (χ2n) is 7.51. The number of aromatic nitrogens is 4. The van der Waals surface area contributed by atoms with Crippen molar-refractivity contribution in [2.24, 2.45) is 0 Å². The van der Waals surface area contributed by atoms with Crippen LogP contribution in [0.15, 0.2) is 59.9 Å². The number of fused-ring (bicyclic) bond motifs is 1. The van der Waals surface area contributed by atoms with Gasteiger partial charge in [0, 0.05) is 61.1 Å². The lowest BCUT2D eigenvalue weighted by atomic mass is 10.1. The van der Waals surface area contributed by atoms with E-state index in [0.29, 0.717) is 48.8 Å². The van der Waals surface area contributed by atoms with Crippen molar-refractivity contribution in [3.8, 4) is 11.3 Å². The number of piperazine rings is 1. The zero-order chi connectivity index (χ0) is 21.4. The Balaban J connectivity index is 1.28. The molecule has 1 aliphatic heterocycles. The van der Waals surface area contributed by atoms with Crippen molar-refractivity contribution in [2.45, 2.75) is 11.4 Å². The van der Waals surface area contributed by atoms with E-state index in [2.05, 4.69) is 25.1 Å². The summed E-state index contributed by atoms with van der Waals surface area (Å²) < 4.78 is 27.9. The van der Waals surface area contributed by atoms with Gasteiger partial charge < -0.3 is 4.98 Å². The van der Waals surface area contributed by atoms with E-state index in [1.165, 1.54) is 6.20 Å². The number of pyridine rings is 1. The molecule has 1 saturated heterocycles. The number of nitrogens with one attached hydrogen (secondary N) is 2. The first-order valence-corrected chi connectivity index (χ1v) is 11.8. The van der Waals surface area contributed by atoms with Gasteiger partial charge in [0.1, 0.15) is 10.5 Å². The number of nitrogens with zero attached hydrogens (tertiary/aromatic N) is 4. The molecule has 8 nitrogen and oxygen atoms in total. The van der Waals surface area contributed by atoms with Crippen molar-refractivity contribution in [3.63, 3.8) is 0 Å². The van der Waals surface area contributed by atoms with Gasteiger partial charge >= 0.3 is 0 Å². The lowest BCUT2D eigenvalue weighted by molar-refractivity contribution is 0.182. The fourth-order valence-electron chi connectivity index (χ4n) is 3.95. The number of halogens is 1. The molecular formula is C21H21ClN6O2S. The van der Waals surface area contributed by atoms with Gasteiger partial charge in [-0.1, -0.05) is 23.7 Å².